The molecule has 0 saturated carbocycles. The highest BCUT2D eigenvalue weighted by Gasteiger charge is 2.33. The number of alkyl halides is 3. The minimum Gasteiger partial charge on any atom is -0.386 e. The Morgan fingerprint density at radius 1 is 1.12 bits per heavy atom. The number of nitrogens with zero attached hydrogens (tertiary/aromatic N) is 2. The van der Waals surface area contributed by atoms with Crippen molar-refractivity contribution in [3.8, 4) is 0 Å². The van der Waals surface area contributed by atoms with E-state index in [9.17, 15) is 26.4 Å². The first-order valence-electron chi connectivity index (χ1n) is 9.46. The number of nitrogens with one attached hydrogen (secondary N) is 1. The fourth-order valence-corrected chi connectivity index (χ4v) is 4.58. The molecule has 1 saturated heterocycles. The van der Waals surface area contributed by atoms with Crippen molar-refractivity contribution >= 4 is 38.9 Å². The first-order chi connectivity index (χ1) is 15.1. The summed E-state index contributed by atoms with van der Waals surface area (Å²) in [5, 5.41) is 7.02. The summed E-state index contributed by atoms with van der Waals surface area (Å²) < 4.78 is 65.2. The van der Waals surface area contributed by atoms with Crippen molar-refractivity contribution in [2.45, 2.75) is 23.9 Å². The number of piperidine rings is 1. The second-order valence-electron chi connectivity index (χ2n) is 6.92. The number of oxime groups is 1. The van der Waals surface area contributed by atoms with Gasteiger partial charge in [0.1, 0.15) is 0 Å². The predicted molar refractivity (Wildman–Crippen MR) is 113 cm³/mol. The molecule has 0 aromatic heterocycles. The van der Waals surface area contributed by atoms with Crippen LogP contribution in [-0.2, 0) is 25.8 Å². The average molecular weight is 490 g/mol. The van der Waals surface area contributed by atoms with E-state index in [-0.39, 0.29) is 32.5 Å². The maximum absolute atomic E-state index is 12.9. The molecule has 12 heteroatoms. The summed E-state index contributed by atoms with van der Waals surface area (Å²) in [7, 11) is -4.08. The zero-order chi connectivity index (χ0) is 23.4. The zero-order valence-corrected chi connectivity index (χ0v) is 18.2. The maximum atomic E-state index is 12.9. The lowest BCUT2D eigenvalue weighted by Crippen LogP contribution is -2.38. The van der Waals surface area contributed by atoms with Crippen LogP contribution in [0.2, 0.25) is 5.02 Å². The molecule has 7 nitrogen and oxygen atoms in total. The molecule has 32 heavy (non-hydrogen) atoms. The van der Waals surface area contributed by atoms with Gasteiger partial charge in [0.05, 0.1) is 16.2 Å². The van der Waals surface area contributed by atoms with Crippen molar-refractivity contribution in [3.05, 3.63) is 59.1 Å². The van der Waals surface area contributed by atoms with E-state index in [0.29, 0.717) is 22.5 Å². The number of sulfonamides is 1. The van der Waals surface area contributed by atoms with Crippen LogP contribution in [0.15, 0.2) is 58.6 Å². The molecule has 0 atom stereocenters. The van der Waals surface area contributed by atoms with E-state index < -0.39 is 32.6 Å². The fourth-order valence-electron chi connectivity index (χ4n) is 2.97. The Kier molecular flexibility index (Phi) is 7.42. The third kappa shape index (κ3) is 6.21. The second kappa shape index (κ2) is 9.88. The fraction of sp³-hybridized carbons (Fsp3) is 0.300. The highest BCUT2D eigenvalue weighted by atomic mass is 35.5. The molecule has 172 valence electrons. The van der Waals surface area contributed by atoms with Gasteiger partial charge < -0.3 is 10.2 Å². The van der Waals surface area contributed by atoms with E-state index in [1.54, 1.807) is 24.3 Å². The van der Waals surface area contributed by atoms with Crippen LogP contribution in [0.4, 0.5) is 18.9 Å². The van der Waals surface area contributed by atoms with Crippen LogP contribution in [0.3, 0.4) is 0 Å². The Morgan fingerprint density at radius 2 is 1.78 bits per heavy atom. The number of anilines is 1. The van der Waals surface area contributed by atoms with Gasteiger partial charge in [-0.1, -0.05) is 22.8 Å². The van der Waals surface area contributed by atoms with Crippen molar-refractivity contribution < 1.29 is 31.2 Å². The summed E-state index contributed by atoms with van der Waals surface area (Å²) in [6.45, 7) is -0.256. The molecular formula is C20H19ClF3N3O4S. The molecule has 0 radical (unpaired) electrons. The molecule has 1 fully saturated rings. The number of hydrogen-bond acceptors (Lipinski definition) is 5. The van der Waals surface area contributed by atoms with Crippen molar-refractivity contribution in [3.63, 3.8) is 0 Å². The Morgan fingerprint density at radius 3 is 2.41 bits per heavy atom. The van der Waals surface area contributed by atoms with Crippen LogP contribution >= 0.6 is 11.6 Å². The van der Waals surface area contributed by atoms with Gasteiger partial charge in [0.15, 0.2) is 6.61 Å². The number of halogens is 4. The van der Waals surface area contributed by atoms with Crippen molar-refractivity contribution in [2.24, 2.45) is 5.16 Å². The summed E-state index contributed by atoms with van der Waals surface area (Å²) in [6.07, 6.45) is -4.17. The number of hydrogen-bond donors (Lipinski definition) is 1. The SMILES string of the molecule is O=C(CON=C1CCN(S(=O)(=O)c2cccc(C(F)(F)F)c2)CC1)Nc1ccc(Cl)cc1. The molecule has 0 unspecified atom stereocenters. The highest BCUT2D eigenvalue weighted by Crippen LogP contribution is 2.31. The molecule has 1 aliphatic rings. The normalized spacial score (nSPS) is 15.3. The van der Waals surface area contributed by atoms with Crippen LogP contribution in [0, 0.1) is 0 Å². The van der Waals surface area contributed by atoms with Crippen LogP contribution in [0.25, 0.3) is 0 Å². The van der Waals surface area contributed by atoms with Crippen LogP contribution in [-0.4, -0.2) is 44.0 Å². The van der Waals surface area contributed by atoms with E-state index in [4.69, 9.17) is 16.4 Å². The van der Waals surface area contributed by atoms with Gasteiger partial charge in [-0.05, 0) is 42.5 Å². The molecule has 3 rings (SSSR count). The average Bonchev–Trinajstić information content (AvgIpc) is 2.75. The summed E-state index contributed by atoms with van der Waals surface area (Å²) in [5.74, 6) is -0.429. The van der Waals surface area contributed by atoms with Crippen LogP contribution < -0.4 is 5.32 Å². The molecule has 1 heterocycles. The lowest BCUT2D eigenvalue weighted by atomic mass is 10.1. The molecule has 0 aliphatic carbocycles. The van der Waals surface area contributed by atoms with E-state index in [1.807, 2.05) is 0 Å². The third-order valence-electron chi connectivity index (χ3n) is 4.62. The van der Waals surface area contributed by atoms with Crippen molar-refractivity contribution in [2.75, 3.05) is 25.0 Å². The third-order valence-corrected chi connectivity index (χ3v) is 6.76. The van der Waals surface area contributed by atoms with Gasteiger partial charge in [0.2, 0.25) is 10.0 Å². The Balaban J connectivity index is 1.52. The number of benzene rings is 2. The lowest BCUT2D eigenvalue weighted by molar-refractivity contribution is -0.137. The van der Waals surface area contributed by atoms with Crippen molar-refractivity contribution in [1.82, 2.24) is 4.31 Å². The van der Waals surface area contributed by atoms with E-state index in [0.717, 1.165) is 22.5 Å². The van der Waals surface area contributed by atoms with Gasteiger partial charge in [-0.3, -0.25) is 4.79 Å². The molecule has 2 aromatic carbocycles. The molecule has 1 N–H and O–H groups in total. The maximum Gasteiger partial charge on any atom is 0.416 e. The van der Waals surface area contributed by atoms with Crippen LogP contribution in [0.5, 0.6) is 0 Å². The summed E-state index contributed by atoms with van der Waals surface area (Å²) in [6, 6.07) is 10.2. The topological polar surface area (TPSA) is 88.1 Å². The molecular weight excluding hydrogens is 471 g/mol. The van der Waals surface area contributed by atoms with E-state index in [2.05, 4.69) is 10.5 Å². The molecule has 0 spiro atoms. The molecule has 1 amide bonds. The lowest BCUT2D eigenvalue weighted by Gasteiger charge is -2.26. The Labute approximate surface area is 187 Å². The number of carbonyl (C=O) groups is 1. The number of carbonyl (C=O) groups excluding carboxylic acids is 1. The van der Waals surface area contributed by atoms with Crippen LogP contribution in [0.1, 0.15) is 18.4 Å². The van der Waals surface area contributed by atoms with Gasteiger partial charge >= 0.3 is 6.18 Å². The highest BCUT2D eigenvalue weighted by molar-refractivity contribution is 7.89. The number of amides is 1. The van der Waals surface area contributed by atoms with Gasteiger partial charge in [-0.25, -0.2) is 8.42 Å². The monoisotopic (exact) mass is 489 g/mol. The Bertz CT molecular complexity index is 1100. The largest absolute Gasteiger partial charge is 0.416 e. The van der Waals surface area contributed by atoms with E-state index in [1.165, 1.54) is 0 Å². The molecule has 2 aromatic rings. The minimum atomic E-state index is -4.63. The van der Waals surface area contributed by atoms with Crippen molar-refractivity contribution in [1.29, 1.82) is 0 Å². The quantitative estimate of drug-likeness (QED) is 0.617. The summed E-state index contributed by atoms with van der Waals surface area (Å²) in [4.78, 5) is 16.5. The molecule has 0 bridgehead atoms. The first-order valence-corrected chi connectivity index (χ1v) is 11.3. The zero-order valence-electron chi connectivity index (χ0n) is 16.6. The van der Waals surface area contributed by atoms with Gasteiger partial charge in [0, 0.05) is 36.6 Å². The van der Waals surface area contributed by atoms with Gasteiger partial charge in [-0.15, -0.1) is 0 Å². The predicted octanol–water partition coefficient (Wildman–Crippen LogP) is 4.15. The minimum absolute atomic E-state index is 0.0394. The number of rotatable bonds is 6. The Hall–Kier alpha value is -2.63. The summed E-state index contributed by atoms with van der Waals surface area (Å²) in [5.41, 5.74) is 0.0756. The van der Waals surface area contributed by atoms with Gasteiger partial charge in [-0.2, -0.15) is 17.5 Å². The van der Waals surface area contributed by atoms with E-state index >= 15 is 0 Å². The first kappa shape index (κ1) is 24.0. The summed E-state index contributed by atoms with van der Waals surface area (Å²) >= 11 is 5.77. The smallest absolute Gasteiger partial charge is 0.386 e. The van der Waals surface area contributed by atoms with Gasteiger partial charge in [0.25, 0.3) is 5.91 Å². The molecule has 1 aliphatic heterocycles. The standard InChI is InChI=1S/C20H19ClF3N3O4S/c21-15-4-6-16(7-5-15)25-19(28)13-31-26-17-8-10-27(11-9-17)32(29,30)18-3-1-2-14(12-18)20(22,23)24/h1-7,12H,8-11,13H2,(H,25,28). The second-order valence-corrected chi connectivity index (χ2v) is 9.29.